The predicted molar refractivity (Wildman–Crippen MR) is 134 cm³/mol. The van der Waals surface area contributed by atoms with E-state index in [0.29, 0.717) is 6.54 Å². The molecule has 2 aromatic heterocycles. The average molecular weight is 527 g/mol. The lowest BCUT2D eigenvalue weighted by molar-refractivity contribution is 0.624. The first-order valence-electron chi connectivity index (χ1n) is 9.64. The monoisotopic (exact) mass is 527 g/mol. The Labute approximate surface area is 193 Å². The number of hydrogen-bond acceptors (Lipinski definition) is 5. The molecule has 0 unspecified atom stereocenters. The SMILES string of the molecule is CCNC(=NCc1csc(N(C)C)n1)NCCCn1c(C)nc2ccccc21.I. The second-order valence-electron chi connectivity index (χ2n) is 6.79. The molecule has 0 aliphatic carbocycles. The molecule has 0 aliphatic heterocycles. The molecular weight excluding hydrogens is 497 g/mol. The van der Waals surface area contributed by atoms with Crippen molar-refractivity contribution in [3.05, 3.63) is 41.2 Å². The van der Waals surface area contributed by atoms with Gasteiger partial charge in [0.05, 0.1) is 23.3 Å². The highest BCUT2D eigenvalue weighted by Crippen LogP contribution is 2.18. The maximum absolute atomic E-state index is 4.66. The Morgan fingerprint density at radius 1 is 1.21 bits per heavy atom. The second kappa shape index (κ2) is 11.3. The summed E-state index contributed by atoms with van der Waals surface area (Å²) in [5.41, 5.74) is 3.25. The summed E-state index contributed by atoms with van der Waals surface area (Å²) in [6, 6.07) is 8.29. The number of nitrogens with zero attached hydrogens (tertiary/aromatic N) is 5. The van der Waals surface area contributed by atoms with Gasteiger partial charge in [-0.3, -0.25) is 0 Å². The van der Waals surface area contributed by atoms with Crippen LogP contribution in [-0.4, -0.2) is 47.7 Å². The lowest BCUT2D eigenvalue weighted by Crippen LogP contribution is -2.38. The van der Waals surface area contributed by atoms with Crippen LogP contribution in [-0.2, 0) is 13.1 Å². The smallest absolute Gasteiger partial charge is 0.191 e. The highest BCUT2D eigenvalue weighted by molar-refractivity contribution is 14.0. The first kappa shape index (κ1) is 23.4. The zero-order valence-corrected chi connectivity index (χ0v) is 20.6. The van der Waals surface area contributed by atoms with Crippen LogP contribution < -0.4 is 15.5 Å². The van der Waals surface area contributed by atoms with E-state index in [1.54, 1.807) is 11.3 Å². The first-order chi connectivity index (χ1) is 13.6. The summed E-state index contributed by atoms with van der Waals surface area (Å²) in [5.74, 6) is 1.89. The highest BCUT2D eigenvalue weighted by atomic mass is 127. The van der Waals surface area contributed by atoms with Gasteiger partial charge in [-0.2, -0.15) is 0 Å². The van der Waals surface area contributed by atoms with Gasteiger partial charge in [-0.1, -0.05) is 12.1 Å². The predicted octanol–water partition coefficient (Wildman–Crippen LogP) is 3.63. The van der Waals surface area contributed by atoms with Crippen molar-refractivity contribution in [1.82, 2.24) is 25.2 Å². The second-order valence-corrected chi connectivity index (χ2v) is 7.63. The molecule has 7 nitrogen and oxygen atoms in total. The molecule has 1 aromatic carbocycles. The van der Waals surface area contributed by atoms with E-state index < -0.39 is 0 Å². The minimum atomic E-state index is 0. The lowest BCUT2D eigenvalue weighted by Gasteiger charge is -2.12. The van der Waals surface area contributed by atoms with Gasteiger partial charge < -0.3 is 20.1 Å². The molecule has 0 amide bonds. The van der Waals surface area contributed by atoms with Gasteiger partial charge in [0.25, 0.3) is 0 Å². The molecule has 29 heavy (non-hydrogen) atoms. The van der Waals surface area contributed by atoms with Crippen molar-refractivity contribution >= 4 is 57.4 Å². The lowest BCUT2D eigenvalue weighted by atomic mass is 10.3. The van der Waals surface area contributed by atoms with E-state index in [1.165, 1.54) is 5.52 Å². The number of hydrogen-bond donors (Lipinski definition) is 2. The van der Waals surface area contributed by atoms with Crippen LogP contribution in [0.1, 0.15) is 24.9 Å². The topological polar surface area (TPSA) is 70.4 Å². The number of guanidine groups is 1. The minimum absolute atomic E-state index is 0. The zero-order valence-electron chi connectivity index (χ0n) is 17.5. The van der Waals surface area contributed by atoms with E-state index in [-0.39, 0.29) is 24.0 Å². The number of benzene rings is 1. The molecule has 2 N–H and O–H groups in total. The van der Waals surface area contributed by atoms with E-state index in [0.717, 1.165) is 54.2 Å². The number of rotatable bonds is 8. The molecule has 9 heteroatoms. The molecule has 0 saturated heterocycles. The molecule has 158 valence electrons. The summed E-state index contributed by atoms with van der Waals surface area (Å²) >= 11 is 1.64. The number of aromatic nitrogens is 3. The fourth-order valence-electron chi connectivity index (χ4n) is 3.00. The molecule has 0 radical (unpaired) electrons. The molecular formula is C20H30IN7S. The van der Waals surface area contributed by atoms with Crippen molar-refractivity contribution in [2.45, 2.75) is 33.4 Å². The van der Waals surface area contributed by atoms with E-state index in [1.807, 2.05) is 25.1 Å². The largest absolute Gasteiger partial charge is 0.357 e. The molecule has 3 rings (SSSR count). The summed E-state index contributed by atoms with van der Waals surface area (Å²) in [7, 11) is 4.01. The van der Waals surface area contributed by atoms with Crippen molar-refractivity contribution in [1.29, 1.82) is 0 Å². The third-order valence-electron chi connectivity index (χ3n) is 4.36. The van der Waals surface area contributed by atoms with Crippen molar-refractivity contribution in [2.24, 2.45) is 4.99 Å². The molecule has 0 fully saturated rings. The van der Waals surface area contributed by atoms with Crippen LogP contribution >= 0.6 is 35.3 Å². The third kappa shape index (κ3) is 6.30. The van der Waals surface area contributed by atoms with Gasteiger partial charge in [0.2, 0.25) is 0 Å². The quantitative estimate of drug-likeness (QED) is 0.203. The van der Waals surface area contributed by atoms with Crippen molar-refractivity contribution in [3.63, 3.8) is 0 Å². The molecule has 2 heterocycles. The van der Waals surface area contributed by atoms with Crippen LogP contribution in [0.15, 0.2) is 34.6 Å². The number of halogens is 1. The summed E-state index contributed by atoms with van der Waals surface area (Å²) in [6.07, 6.45) is 0.993. The Hall–Kier alpha value is -1.88. The number of anilines is 1. The van der Waals surface area contributed by atoms with E-state index in [2.05, 4.69) is 67.6 Å². The number of aliphatic imine (C=N–C) groups is 1. The van der Waals surface area contributed by atoms with Crippen LogP contribution in [0.4, 0.5) is 5.13 Å². The van der Waals surface area contributed by atoms with Gasteiger partial charge in [0.15, 0.2) is 11.1 Å². The van der Waals surface area contributed by atoms with Gasteiger partial charge >= 0.3 is 0 Å². The maximum Gasteiger partial charge on any atom is 0.191 e. The maximum atomic E-state index is 4.66. The van der Waals surface area contributed by atoms with Crippen LogP contribution in [0.5, 0.6) is 0 Å². The molecule has 0 bridgehead atoms. The van der Waals surface area contributed by atoms with E-state index in [9.17, 15) is 0 Å². The van der Waals surface area contributed by atoms with E-state index >= 15 is 0 Å². The van der Waals surface area contributed by atoms with Gasteiger partial charge in [-0.25, -0.2) is 15.0 Å². The number of aryl methyl sites for hydroxylation is 2. The normalized spacial score (nSPS) is 11.4. The summed E-state index contributed by atoms with van der Waals surface area (Å²) in [6.45, 7) is 7.32. The van der Waals surface area contributed by atoms with Crippen LogP contribution in [0, 0.1) is 6.92 Å². The Balaban J connectivity index is 0.00000300. The van der Waals surface area contributed by atoms with Crippen molar-refractivity contribution < 1.29 is 0 Å². The fourth-order valence-corrected chi connectivity index (χ4v) is 3.75. The van der Waals surface area contributed by atoms with Crippen LogP contribution in [0.2, 0.25) is 0 Å². The minimum Gasteiger partial charge on any atom is -0.357 e. The number of imidazole rings is 1. The number of fused-ring (bicyclic) bond motifs is 1. The van der Waals surface area contributed by atoms with Crippen molar-refractivity contribution in [2.75, 3.05) is 32.1 Å². The Morgan fingerprint density at radius 3 is 2.72 bits per heavy atom. The molecule has 0 atom stereocenters. The van der Waals surface area contributed by atoms with Gasteiger partial charge in [-0.15, -0.1) is 35.3 Å². The van der Waals surface area contributed by atoms with Crippen molar-refractivity contribution in [3.8, 4) is 0 Å². The zero-order chi connectivity index (χ0) is 19.9. The van der Waals surface area contributed by atoms with Gasteiger partial charge in [0.1, 0.15) is 5.82 Å². The number of thiazole rings is 1. The van der Waals surface area contributed by atoms with Crippen LogP contribution in [0.3, 0.4) is 0 Å². The standard InChI is InChI=1S/C20H29N7S.HI/c1-5-21-19(23-13-16-14-28-20(25-16)26(3)4)22-11-8-12-27-15(2)24-17-9-6-7-10-18(17)27;/h6-7,9-10,14H,5,8,11-13H2,1-4H3,(H2,21,22,23);1H. The Kier molecular flexibility index (Phi) is 9.15. The fraction of sp³-hybridized carbons (Fsp3) is 0.450. The van der Waals surface area contributed by atoms with Crippen LogP contribution in [0.25, 0.3) is 11.0 Å². The summed E-state index contributed by atoms with van der Waals surface area (Å²) in [5, 5.41) is 9.79. The molecule has 3 aromatic rings. The van der Waals surface area contributed by atoms with Gasteiger partial charge in [0, 0.05) is 39.1 Å². The molecule has 0 saturated carbocycles. The third-order valence-corrected chi connectivity index (χ3v) is 5.42. The molecule has 0 spiro atoms. The summed E-state index contributed by atoms with van der Waals surface area (Å²) in [4.78, 5) is 15.9. The Bertz CT molecular complexity index is 932. The highest BCUT2D eigenvalue weighted by Gasteiger charge is 2.07. The number of para-hydroxylation sites is 2. The first-order valence-corrected chi connectivity index (χ1v) is 10.5. The molecule has 0 aliphatic rings. The number of nitrogens with one attached hydrogen (secondary N) is 2. The Morgan fingerprint density at radius 2 is 2.00 bits per heavy atom. The van der Waals surface area contributed by atoms with E-state index in [4.69, 9.17) is 0 Å². The van der Waals surface area contributed by atoms with Gasteiger partial charge in [-0.05, 0) is 32.4 Å². The average Bonchev–Trinajstić information content (AvgIpc) is 3.27. The summed E-state index contributed by atoms with van der Waals surface area (Å²) < 4.78 is 2.28.